The van der Waals surface area contributed by atoms with E-state index in [1.54, 1.807) is 24.3 Å². The normalized spacial score (nSPS) is 14.8. The van der Waals surface area contributed by atoms with Gasteiger partial charge in [-0.3, -0.25) is 9.59 Å². The van der Waals surface area contributed by atoms with Crippen LogP contribution in [0, 0.1) is 5.92 Å². The number of hydrogen-bond acceptors (Lipinski definition) is 3. The summed E-state index contributed by atoms with van der Waals surface area (Å²) >= 11 is 0. The molecule has 0 saturated heterocycles. The molecule has 108 valence electrons. The average molecular weight is 275 g/mol. The zero-order valence-electron chi connectivity index (χ0n) is 11.9. The molecule has 0 aliphatic heterocycles. The first-order valence-corrected chi connectivity index (χ1v) is 6.83. The number of rotatable bonds is 5. The standard InChI is InChI=1S/C15H21N3O2/c1-15(2,16)9-17-13(19)10-5-7-12(8-6-10)18-14(20)11-3-4-11/h5-8,11H,3-4,9,16H2,1-2H3,(H,17,19)(H,18,20). The summed E-state index contributed by atoms with van der Waals surface area (Å²) in [7, 11) is 0. The van der Waals surface area contributed by atoms with E-state index >= 15 is 0 Å². The van der Waals surface area contributed by atoms with Gasteiger partial charge in [0.05, 0.1) is 0 Å². The number of carbonyl (C=O) groups excluding carboxylic acids is 2. The third-order valence-electron chi connectivity index (χ3n) is 3.07. The number of nitrogens with two attached hydrogens (primary N) is 1. The summed E-state index contributed by atoms with van der Waals surface area (Å²) in [4.78, 5) is 23.5. The van der Waals surface area contributed by atoms with Crippen LogP contribution in [0.3, 0.4) is 0 Å². The van der Waals surface area contributed by atoms with E-state index in [1.807, 2.05) is 13.8 Å². The Morgan fingerprint density at radius 1 is 1.25 bits per heavy atom. The second-order valence-corrected chi connectivity index (χ2v) is 6.01. The van der Waals surface area contributed by atoms with Gasteiger partial charge in [0.2, 0.25) is 5.91 Å². The Labute approximate surface area is 118 Å². The molecule has 1 aliphatic carbocycles. The smallest absolute Gasteiger partial charge is 0.251 e. The molecule has 1 aliphatic rings. The van der Waals surface area contributed by atoms with Crippen LogP contribution in [-0.4, -0.2) is 23.9 Å². The molecule has 0 bridgehead atoms. The lowest BCUT2D eigenvalue weighted by Crippen LogP contribution is -2.45. The lowest BCUT2D eigenvalue weighted by molar-refractivity contribution is -0.117. The summed E-state index contributed by atoms with van der Waals surface area (Å²) < 4.78 is 0. The fraction of sp³-hybridized carbons (Fsp3) is 0.467. The van der Waals surface area contributed by atoms with Crippen LogP contribution >= 0.6 is 0 Å². The van der Waals surface area contributed by atoms with E-state index in [-0.39, 0.29) is 17.7 Å². The van der Waals surface area contributed by atoms with E-state index in [0.29, 0.717) is 12.1 Å². The zero-order chi connectivity index (χ0) is 14.8. The van der Waals surface area contributed by atoms with Crippen molar-refractivity contribution in [1.82, 2.24) is 5.32 Å². The average Bonchev–Trinajstić information content (AvgIpc) is 3.20. The summed E-state index contributed by atoms with van der Waals surface area (Å²) in [5, 5.41) is 5.61. The first-order valence-electron chi connectivity index (χ1n) is 6.83. The number of anilines is 1. The van der Waals surface area contributed by atoms with Crippen LogP contribution in [-0.2, 0) is 4.79 Å². The van der Waals surface area contributed by atoms with E-state index in [4.69, 9.17) is 5.73 Å². The summed E-state index contributed by atoms with van der Waals surface area (Å²) in [6.07, 6.45) is 1.95. The third kappa shape index (κ3) is 4.35. The number of hydrogen-bond donors (Lipinski definition) is 3. The maximum atomic E-state index is 11.9. The SMILES string of the molecule is CC(C)(N)CNC(=O)c1ccc(NC(=O)C2CC2)cc1. The van der Waals surface area contributed by atoms with Gasteiger partial charge in [0.15, 0.2) is 0 Å². The Balaban J connectivity index is 1.90. The molecule has 0 aromatic heterocycles. The summed E-state index contributed by atoms with van der Waals surface area (Å²) in [5.41, 5.74) is 6.65. The van der Waals surface area contributed by atoms with Crippen LogP contribution in [0.5, 0.6) is 0 Å². The minimum absolute atomic E-state index is 0.0621. The lowest BCUT2D eigenvalue weighted by Gasteiger charge is -2.18. The van der Waals surface area contributed by atoms with Gasteiger partial charge in [-0.05, 0) is 51.0 Å². The molecular weight excluding hydrogens is 254 g/mol. The molecular formula is C15H21N3O2. The quantitative estimate of drug-likeness (QED) is 0.761. The number of nitrogens with one attached hydrogen (secondary N) is 2. The summed E-state index contributed by atoms with van der Waals surface area (Å²) in [5.74, 6) is 0.0699. The second kappa shape index (κ2) is 5.63. The molecule has 0 radical (unpaired) electrons. The van der Waals surface area contributed by atoms with Crippen LogP contribution < -0.4 is 16.4 Å². The summed E-state index contributed by atoms with van der Waals surface area (Å²) in [6.45, 7) is 4.11. The monoisotopic (exact) mass is 275 g/mol. The molecule has 5 heteroatoms. The number of carbonyl (C=O) groups is 2. The zero-order valence-corrected chi connectivity index (χ0v) is 11.9. The molecule has 1 aromatic carbocycles. The topological polar surface area (TPSA) is 84.2 Å². The van der Waals surface area contributed by atoms with Gasteiger partial charge >= 0.3 is 0 Å². The molecule has 0 heterocycles. The van der Waals surface area contributed by atoms with Gasteiger partial charge < -0.3 is 16.4 Å². The van der Waals surface area contributed by atoms with Crippen molar-refractivity contribution in [2.75, 3.05) is 11.9 Å². The van der Waals surface area contributed by atoms with Gasteiger partial charge in [-0.15, -0.1) is 0 Å². The fourth-order valence-electron chi connectivity index (χ4n) is 1.70. The predicted molar refractivity (Wildman–Crippen MR) is 78.4 cm³/mol. The van der Waals surface area contributed by atoms with Crippen LogP contribution in [0.2, 0.25) is 0 Å². The highest BCUT2D eigenvalue weighted by molar-refractivity contribution is 5.96. The van der Waals surface area contributed by atoms with Gasteiger partial charge in [0.25, 0.3) is 5.91 Å². The Hall–Kier alpha value is -1.88. The summed E-state index contributed by atoms with van der Waals surface area (Å²) in [6, 6.07) is 6.87. The first-order chi connectivity index (χ1) is 9.35. The molecule has 1 saturated carbocycles. The highest BCUT2D eigenvalue weighted by Gasteiger charge is 2.29. The van der Waals surface area contributed by atoms with Crippen molar-refractivity contribution in [3.05, 3.63) is 29.8 Å². The Kier molecular flexibility index (Phi) is 4.09. The van der Waals surface area contributed by atoms with Crippen LogP contribution in [0.4, 0.5) is 5.69 Å². The molecule has 5 nitrogen and oxygen atoms in total. The van der Waals surface area contributed by atoms with E-state index in [0.717, 1.165) is 18.5 Å². The maximum absolute atomic E-state index is 11.9. The van der Waals surface area contributed by atoms with Crippen molar-refractivity contribution in [3.8, 4) is 0 Å². The van der Waals surface area contributed by atoms with Crippen molar-refractivity contribution < 1.29 is 9.59 Å². The Morgan fingerprint density at radius 2 is 1.85 bits per heavy atom. The predicted octanol–water partition coefficient (Wildman–Crippen LogP) is 1.50. The number of benzene rings is 1. The van der Waals surface area contributed by atoms with Crippen molar-refractivity contribution in [2.45, 2.75) is 32.2 Å². The number of amides is 2. The molecule has 0 atom stereocenters. The van der Waals surface area contributed by atoms with Gasteiger partial charge in [-0.2, -0.15) is 0 Å². The van der Waals surface area contributed by atoms with Gasteiger partial charge in [0, 0.05) is 29.3 Å². The molecule has 2 rings (SSSR count). The van der Waals surface area contributed by atoms with Crippen LogP contribution in [0.15, 0.2) is 24.3 Å². The van der Waals surface area contributed by atoms with Crippen LogP contribution in [0.1, 0.15) is 37.0 Å². The van der Waals surface area contributed by atoms with Crippen molar-refractivity contribution in [3.63, 3.8) is 0 Å². The molecule has 2 amide bonds. The van der Waals surface area contributed by atoms with Gasteiger partial charge in [-0.1, -0.05) is 0 Å². The Morgan fingerprint density at radius 3 is 2.35 bits per heavy atom. The van der Waals surface area contributed by atoms with E-state index in [1.165, 1.54) is 0 Å². The minimum Gasteiger partial charge on any atom is -0.350 e. The molecule has 0 spiro atoms. The van der Waals surface area contributed by atoms with E-state index < -0.39 is 5.54 Å². The van der Waals surface area contributed by atoms with Gasteiger partial charge in [0.1, 0.15) is 0 Å². The van der Waals surface area contributed by atoms with E-state index in [9.17, 15) is 9.59 Å². The molecule has 1 aromatic rings. The molecule has 20 heavy (non-hydrogen) atoms. The van der Waals surface area contributed by atoms with E-state index in [2.05, 4.69) is 10.6 Å². The highest BCUT2D eigenvalue weighted by Crippen LogP contribution is 2.30. The molecule has 1 fully saturated rings. The minimum atomic E-state index is -0.437. The van der Waals surface area contributed by atoms with Crippen molar-refractivity contribution >= 4 is 17.5 Å². The van der Waals surface area contributed by atoms with Gasteiger partial charge in [-0.25, -0.2) is 0 Å². The lowest BCUT2D eigenvalue weighted by atomic mass is 10.1. The maximum Gasteiger partial charge on any atom is 0.251 e. The molecule has 0 unspecified atom stereocenters. The first kappa shape index (κ1) is 14.5. The Bertz CT molecular complexity index is 499. The van der Waals surface area contributed by atoms with Crippen molar-refractivity contribution in [1.29, 1.82) is 0 Å². The third-order valence-corrected chi connectivity index (χ3v) is 3.07. The largest absolute Gasteiger partial charge is 0.350 e. The highest BCUT2D eigenvalue weighted by atomic mass is 16.2. The van der Waals surface area contributed by atoms with Crippen molar-refractivity contribution in [2.24, 2.45) is 11.7 Å². The second-order valence-electron chi connectivity index (χ2n) is 6.01. The van der Waals surface area contributed by atoms with Crippen LogP contribution in [0.25, 0.3) is 0 Å². The fourth-order valence-corrected chi connectivity index (χ4v) is 1.70. The molecule has 4 N–H and O–H groups in total.